The van der Waals surface area contributed by atoms with E-state index in [9.17, 15) is 0 Å². The van der Waals surface area contributed by atoms with Crippen LogP contribution < -0.4 is 0 Å². The molecule has 0 bridgehead atoms. The van der Waals surface area contributed by atoms with Crippen molar-refractivity contribution in [3.63, 3.8) is 0 Å². The average molecular weight is 472 g/mol. The Morgan fingerprint density at radius 1 is 1.03 bits per heavy atom. The minimum absolute atomic E-state index is 0.445. The van der Waals surface area contributed by atoms with Gasteiger partial charge < -0.3 is 15.1 Å². The van der Waals surface area contributed by atoms with Gasteiger partial charge in [-0.1, -0.05) is 26.0 Å². The molecule has 3 heterocycles. The predicted molar refractivity (Wildman–Crippen MR) is 146 cm³/mol. The molecule has 1 saturated carbocycles. The molecule has 0 amide bonds. The Hall–Kier alpha value is -2.17. The number of allylic oxidation sites excluding steroid dienone is 4. The third kappa shape index (κ3) is 4.68. The maximum atomic E-state index is 8.73. The largest absolute Gasteiger partial charge is 0.378 e. The van der Waals surface area contributed by atoms with Crippen LogP contribution in [0.5, 0.6) is 0 Å². The predicted octanol–water partition coefficient (Wildman–Crippen LogP) is 7.18. The van der Waals surface area contributed by atoms with E-state index in [4.69, 9.17) is 10.1 Å². The van der Waals surface area contributed by atoms with Gasteiger partial charge >= 0.3 is 0 Å². The summed E-state index contributed by atoms with van der Waals surface area (Å²) in [6.07, 6.45) is 14.2. The van der Waals surface area contributed by atoms with E-state index in [0.29, 0.717) is 23.8 Å². The van der Waals surface area contributed by atoms with Gasteiger partial charge in [0.05, 0.1) is 19.3 Å². The Labute approximate surface area is 210 Å². The summed E-state index contributed by atoms with van der Waals surface area (Å²) >= 11 is 0. The number of aromatic amines is 1. The van der Waals surface area contributed by atoms with Crippen molar-refractivity contribution in [3.8, 4) is 0 Å². The van der Waals surface area contributed by atoms with Crippen molar-refractivity contribution < 1.29 is 4.74 Å². The van der Waals surface area contributed by atoms with Crippen LogP contribution in [0.25, 0.3) is 16.5 Å². The van der Waals surface area contributed by atoms with E-state index in [0.717, 1.165) is 38.2 Å². The quantitative estimate of drug-likeness (QED) is 0.485. The van der Waals surface area contributed by atoms with E-state index in [1.165, 1.54) is 84.1 Å². The lowest BCUT2D eigenvalue weighted by Gasteiger charge is -2.41. The maximum absolute atomic E-state index is 8.73. The zero-order valence-corrected chi connectivity index (χ0v) is 21.5. The van der Waals surface area contributed by atoms with Crippen LogP contribution in [0, 0.1) is 11.3 Å². The zero-order valence-electron chi connectivity index (χ0n) is 21.5. The van der Waals surface area contributed by atoms with Crippen LogP contribution in [0.3, 0.4) is 0 Å². The topological polar surface area (TPSA) is 52.1 Å². The summed E-state index contributed by atoms with van der Waals surface area (Å²) in [4.78, 5) is 6.48. The highest BCUT2D eigenvalue weighted by Gasteiger charge is 2.31. The first kappa shape index (κ1) is 23.2. The molecule has 35 heavy (non-hydrogen) atoms. The Morgan fingerprint density at radius 2 is 1.83 bits per heavy atom. The molecule has 0 radical (unpaired) electrons. The lowest BCUT2D eigenvalue weighted by molar-refractivity contribution is -0.0712. The van der Waals surface area contributed by atoms with Crippen molar-refractivity contribution >= 4 is 22.2 Å². The Morgan fingerprint density at radius 3 is 2.51 bits per heavy atom. The molecular weight excluding hydrogens is 430 g/mol. The van der Waals surface area contributed by atoms with Crippen LogP contribution in [-0.2, 0) is 4.74 Å². The molecule has 1 aromatic heterocycles. The number of likely N-dealkylation sites (tertiary alicyclic amines) is 1. The number of hydrogen-bond acceptors (Lipinski definition) is 3. The first-order valence-electron chi connectivity index (χ1n) is 14.1. The molecular formula is C31H41N3O. The number of nitrogens with zero attached hydrogens (tertiary/aromatic N) is 1. The second kappa shape index (κ2) is 9.71. The molecule has 3 fully saturated rings. The fourth-order valence-electron chi connectivity index (χ4n) is 6.44. The SMILES string of the molecule is CC(C)c1c(C2=C/CCCCC(=N)/C(C3CC3)=C\2)[nH]c2ccc(C3CCN(C4COC4)CC3)cc12. The highest BCUT2D eigenvalue weighted by atomic mass is 16.5. The lowest BCUT2D eigenvalue weighted by Crippen LogP contribution is -2.51. The van der Waals surface area contributed by atoms with Gasteiger partial charge in [-0.05, 0) is 123 Å². The summed E-state index contributed by atoms with van der Waals surface area (Å²) in [5.41, 5.74) is 9.01. The molecule has 2 N–H and O–H groups in total. The highest BCUT2D eigenvalue weighted by molar-refractivity contribution is 6.02. The summed E-state index contributed by atoms with van der Waals surface area (Å²) < 4.78 is 5.42. The molecule has 4 aliphatic rings. The minimum Gasteiger partial charge on any atom is -0.378 e. The minimum atomic E-state index is 0.445. The van der Waals surface area contributed by atoms with E-state index in [-0.39, 0.29) is 0 Å². The smallest absolute Gasteiger partial charge is 0.0645 e. The molecule has 0 unspecified atom stereocenters. The van der Waals surface area contributed by atoms with Gasteiger partial charge in [-0.2, -0.15) is 0 Å². The van der Waals surface area contributed by atoms with Gasteiger partial charge in [0.25, 0.3) is 0 Å². The first-order chi connectivity index (χ1) is 17.1. The van der Waals surface area contributed by atoms with Crippen LogP contribution in [0.4, 0.5) is 0 Å². The third-order valence-electron chi connectivity index (χ3n) is 8.79. The molecule has 6 rings (SSSR count). The lowest BCUT2D eigenvalue weighted by atomic mass is 9.87. The van der Waals surface area contributed by atoms with Crippen molar-refractivity contribution in [3.05, 3.63) is 52.7 Å². The molecule has 1 aromatic carbocycles. The van der Waals surface area contributed by atoms with Crippen molar-refractivity contribution in [1.29, 1.82) is 5.41 Å². The van der Waals surface area contributed by atoms with E-state index >= 15 is 0 Å². The molecule has 2 saturated heterocycles. The third-order valence-corrected chi connectivity index (χ3v) is 8.79. The average Bonchev–Trinajstić information content (AvgIpc) is 3.57. The maximum Gasteiger partial charge on any atom is 0.0645 e. The van der Waals surface area contributed by atoms with Gasteiger partial charge in [0.15, 0.2) is 0 Å². The number of piperidine rings is 1. The summed E-state index contributed by atoms with van der Waals surface area (Å²) in [5.74, 6) is 1.71. The number of aromatic nitrogens is 1. The Balaban J connectivity index is 1.34. The van der Waals surface area contributed by atoms with E-state index in [1.807, 2.05) is 0 Å². The number of nitrogens with one attached hydrogen (secondary N) is 2. The monoisotopic (exact) mass is 471 g/mol. The van der Waals surface area contributed by atoms with E-state index < -0.39 is 0 Å². The number of hydrogen-bond donors (Lipinski definition) is 2. The molecule has 2 aliphatic carbocycles. The zero-order chi connectivity index (χ0) is 23.9. The highest BCUT2D eigenvalue weighted by Crippen LogP contribution is 2.42. The van der Waals surface area contributed by atoms with Crippen molar-refractivity contribution in [2.24, 2.45) is 5.92 Å². The van der Waals surface area contributed by atoms with Gasteiger partial charge in [0.1, 0.15) is 0 Å². The van der Waals surface area contributed by atoms with Crippen molar-refractivity contribution in [2.75, 3.05) is 26.3 Å². The number of fused-ring (bicyclic) bond motifs is 1. The van der Waals surface area contributed by atoms with Gasteiger partial charge in [-0.25, -0.2) is 0 Å². The molecule has 4 nitrogen and oxygen atoms in total. The Bertz CT molecular complexity index is 1150. The van der Waals surface area contributed by atoms with Crippen LogP contribution in [0.15, 0.2) is 35.9 Å². The normalized spacial score (nSPS) is 26.5. The summed E-state index contributed by atoms with van der Waals surface area (Å²) in [5, 5.41) is 10.1. The fourth-order valence-corrected chi connectivity index (χ4v) is 6.44. The number of benzene rings is 1. The van der Waals surface area contributed by atoms with Crippen LogP contribution in [-0.4, -0.2) is 47.9 Å². The standard InChI is InChI=1S/C31H41N3O/c1-20(2)30-27-16-23(21-12-14-34(15-13-21)25-18-35-19-25)10-11-29(27)33-31(30)24-6-4-3-5-7-28(32)26(17-24)22-8-9-22/h6,10-11,16-17,20-22,25,32-33H,3-5,7-9,12-15,18-19H2,1-2H3/b24-6+,26-17-,32-28?. The van der Waals surface area contributed by atoms with Crippen molar-refractivity contribution in [1.82, 2.24) is 9.88 Å². The second-order valence-electron chi connectivity index (χ2n) is 11.6. The fraction of sp³-hybridized carbons (Fsp3) is 0.581. The molecule has 0 spiro atoms. The number of ether oxygens (including phenoxy) is 1. The molecule has 0 atom stereocenters. The van der Waals surface area contributed by atoms with Gasteiger partial charge in [0, 0.05) is 22.3 Å². The van der Waals surface area contributed by atoms with Gasteiger partial charge in [-0.15, -0.1) is 0 Å². The van der Waals surface area contributed by atoms with Crippen LogP contribution in [0.1, 0.15) is 93.9 Å². The van der Waals surface area contributed by atoms with E-state index in [2.05, 4.69) is 54.1 Å². The summed E-state index contributed by atoms with van der Waals surface area (Å²) in [6.45, 7) is 8.90. The number of H-pyrrole nitrogens is 1. The first-order valence-corrected chi connectivity index (χ1v) is 14.1. The van der Waals surface area contributed by atoms with Crippen molar-refractivity contribution in [2.45, 2.75) is 83.1 Å². The molecule has 2 aliphatic heterocycles. The summed E-state index contributed by atoms with van der Waals surface area (Å²) in [7, 11) is 0. The molecule has 186 valence electrons. The van der Waals surface area contributed by atoms with Crippen LogP contribution in [0.2, 0.25) is 0 Å². The van der Waals surface area contributed by atoms with Gasteiger partial charge in [-0.3, -0.25) is 4.90 Å². The molecule has 2 aromatic rings. The molecule has 4 heteroatoms. The number of rotatable bonds is 5. The summed E-state index contributed by atoms with van der Waals surface area (Å²) in [6, 6.07) is 7.86. The Kier molecular flexibility index (Phi) is 6.45. The second-order valence-corrected chi connectivity index (χ2v) is 11.6. The van der Waals surface area contributed by atoms with Gasteiger partial charge in [0.2, 0.25) is 0 Å². The van der Waals surface area contributed by atoms with Crippen LogP contribution >= 0.6 is 0 Å². The van der Waals surface area contributed by atoms with E-state index in [1.54, 1.807) is 0 Å².